The summed E-state index contributed by atoms with van der Waals surface area (Å²) >= 11 is 0. The van der Waals surface area contributed by atoms with E-state index in [2.05, 4.69) is 18.1 Å². The number of amides is 1. The fraction of sp³-hybridized carbons (Fsp3) is 0.217. The summed E-state index contributed by atoms with van der Waals surface area (Å²) in [6, 6.07) is 15.2. The Hall–Kier alpha value is -3.54. The highest BCUT2D eigenvalue weighted by Gasteiger charge is 2.18. The van der Waals surface area contributed by atoms with Crippen LogP contribution in [0.15, 0.2) is 73.8 Å². The van der Waals surface area contributed by atoms with Crippen LogP contribution in [0.5, 0.6) is 11.5 Å². The van der Waals surface area contributed by atoms with E-state index in [1.54, 1.807) is 24.2 Å². The SMILES string of the molecule is C=CCN(CC=C)C(=O)Cn1c(COc2ccccc2OC)nc2ccccc21. The monoisotopic (exact) mass is 391 g/mol. The molecule has 0 radical (unpaired) electrons. The molecular formula is C23H25N3O3. The molecule has 2 aromatic carbocycles. The van der Waals surface area contributed by atoms with Crippen LogP contribution in [0.2, 0.25) is 0 Å². The van der Waals surface area contributed by atoms with Crippen LogP contribution in [0.25, 0.3) is 11.0 Å². The highest BCUT2D eigenvalue weighted by atomic mass is 16.5. The molecule has 0 fully saturated rings. The van der Waals surface area contributed by atoms with Crippen LogP contribution in [0.4, 0.5) is 0 Å². The lowest BCUT2D eigenvalue weighted by molar-refractivity contribution is -0.130. The van der Waals surface area contributed by atoms with Gasteiger partial charge in [0.2, 0.25) is 5.91 Å². The minimum atomic E-state index is -0.0357. The van der Waals surface area contributed by atoms with Crippen LogP contribution in [0.3, 0.4) is 0 Å². The molecule has 0 bridgehead atoms. The Kier molecular flexibility index (Phi) is 6.68. The summed E-state index contributed by atoms with van der Waals surface area (Å²) in [5, 5.41) is 0. The van der Waals surface area contributed by atoms with E-state index in [4.69, 9.17) is 9.47 Å². The van der Waals surface area contributed by atoms with Gasteiger partial charge in [0, 0.05) is 13.1 Å². The standard InChI is InChI=1S/C23H25N3O3/c1-4-14-25(15-5-2)23(27)16-26-19-11-7-6-10-18(19)24-22(26)17-29-21-13-9-8-12-20(21)28-3/h4-13H,1-2,14-17H2,3H3. The van der Waals surface area contributed by atoms with E-state index in [-0.39, 0.29) is 19.1 Å². The van der Waals surface area contributed by atoms with Gasteiger partial charge in [-0.05, 0) is 24.3 Å². The molecule has 0 saturated carbocycles. The van der Waals surface area contributed by atoms with Gasteiger partial charge in [-0.2, -0.15) is 0 Å². The number of benzene rings is 2. The van der Waals surface area contributed by atoms with Gasteiger partial charge in [-0.1, -0.05) is 36.4 Å². The molecule has 0 unspecified atom stereocenters. The fourth-order valence-corrected chi connectivity index (χ4v) is 3.12. The molecule has 0 atom stereocenters. The van der Waals surface area contributed by atoms with Crippen molar-refractivity contribution in [3.63, 3.8) is 0 Å². The predicted molar refractivity (Wildman–Crippen MR) is 114 cm³/mol. The predicted octanol–water partition coefficient (Wildman–Crippen LogP) is 3.82. The second kappa shape index (κ2) is 9.59. The number of rotatable bonds is 10. The van der Waals surface area contributed by atoms with Crippen molar-refractivity contribution >= 4 is 16.9 Å². The van der Waals surface area contributed by atoms with Crippen molar-refractivity contribution in [2.75, 3.05) is 20.2 Å². The van der Waals surface area contributed by atoms with E-state index in [0.29, 0.717) is 30.4 Å². The Morgan fingerprint density at radius 3 is 2.41 bits per heavy atom. The molecule has 3 rings (SSSR count). The number of nitrogens with zero attached hydrogens (tertiary/aromatic N) is 3. The average molecular weight is 391 g/mol. The first-order chi connectivity index (χ1) is 14.2. The zero-order valence-corrected chi connectivity index (χ0v) is 16.6. The smallest absolute Gasteiger partial charge is 0.243 e. The van der Waals surface area contributed by atoms with Crippen LogP contribution < -0.4 is 9.47 Å². The number of carbonyl (C=O) groups excluding carboxylic acids is 1. The topological polar surface area (TPSA) is 56.6 Å². The molecule has 0 N–H and O–H groups in total. The Bertz CT molecular complexity index is 1000. The maximum absolute atomic E-state index is 12.9. The van der Waals surface area contributed by atoms with Gasteiger partial charge >= 0.3 is 0 Å². The molecule has 6 nitrogen and oxygen atoms in total. The first kappa shape index (κ1) is 20.2. The van der Waals surface area contributed by atoms with Crippen LogP contribution in [-0.2, 0) is 17.9 Å². The van der Waals surface area contributed by atoms with Gasteiger partial charge in [0.25, 0.3) is 0 Å². The van der Waals surface area contributed by atoms with Crippen molar-refractivity contribution < 1.29 is 14.3 Å². The number of carbonyl (C=O) groups is 1. The molecule has 0 aliphatic carbocycles. The van der Waals surface area contributed by atoms with Crippen molar-refractivity contribution in [3.05, 3.63) is 79.7 Å². The minimum Gasteiger partial charge on any atom is -0.493 e. The third-order valence-corrected chi connectivity index (χ3v) is 4.50. The molecule has 0 aliphatic heterocycles. The number of para-hydroxylation sites is 4. The van der Waals surface area contributed by atoms with Crippen LogP contribution in [0, 0.1) is 0 Å². The Morgan fingerprint density at radius 2 is 1.72 bits per heavy atom. The Labute approximate surface area is 170 Å². The van der Waals surface area contributed by atoms with Gasteiger partial charge < -0.3 is 18.9 Å². The summed E-state index contributed by atoms with van der Waals surface area (Å²) in [6.07, 6.45) is 3.41. The largest absolute Gasteiger partial charge is 0.493 e. The van der Waals surface area contributed by atoms with Crippen molar-refractivity contribution in [1.82, 2.24) is 14.5 Å². The van der Waals surface area contributed by atoms with Gasteiger partial charge in [-0.25, -0.2) is 4.98 Å². The third-order valence-electron chi connectivity index (χ3n) is 4.50. The minimum absolute atomic E-state index is 0.0357. The maximum Gasteiger partial charge on any atom is 0.243 e. The Morgan fingerprint density at radius 1 is 1.07 bits per heavy atom. The zero-order valence-electron chi connectivity index (χ0n) is 16.6. The number of methoxy groups -OCH3 is 1. The first-order valence-corrected chi connectivity index (χ1v) is 9.37. The zero-order chi connectivity index (χ0) is 20.6. The molecule has 150 valence electrons. The number of hydrogen-bond donors (Lipinski definition) is 0. The first-order valence-electron chi connectivity index (χ1n) is 9.37. The van der Waals surface area contributed by atoms with Gasteiger partial charge in [0.15, 0.2) is 11.5 Å². The van der Waals surface area contributed by atoms with Crippen LogP contribution in [-0.4, -0.2) is 40.6 Å². The number of aromatic nitrogens is 2. The van der Waals surface area contributed by atoms with E-state index < -0.39 is 0 Å². The number of ether oxygens (including phenoxy) is 2. The molecule has 1 heterocycles. The van der Waals surface area contributed by atoms with E-state index in [1.165, 1.54) is 0 Å². The molecule has 1 amide bonds. The van der Waals surface area contributed by atoms with Crippen LogP contribution >= 0.6 is 0 Å². The lowest BCUT2D eigenvalue weighted by Crippen LogP contribution is -2.34. The second-order valence-electron chi connectivity index (χ2n) is 6.42. The van der Waals surface area contributed by atoms with E-state index in [1.807, 2.05) is 53.1 Å². The second-order valence-corrected chi connectivity index (χ2v) is 6.42. The summed E-state index contributed by atoms with van der Waals surface area (Å²) in [7, 11) is 1.60. The van der Waals surface area contributed by atoms with Crippen molar-refractivity contribution in [2.45, 2.75) is 13.2 Å². The van der Waals surface area contributed by atoms with Crippen molar-refractivity contribution in [1.29, 1.82) is 0 Å². The van der Waals surface area contributed by atoms with Crippen molar-refractivity contribution in [2.24, 2.45) is 0 Å². The van der Waals surface area contributed by atoms with E-state index in [0.717, 1.165) is 11.0 Å². The Balaban J connectivity index is 1.88. The lowest BCUT2D eigenvalue weighted by Gasteiger charge is -2.20. The summed E-state index contributed by atoms with van der Waals surface area (Å²) < 4.78 is 13.2. The van der Waals surface area contributed by atoms with Crippen molar-refractivity contribution in [3.8, 4) is 11.5 Å². The van der Waals surface area contributed by atoms with Gasteiger partial charge in [0.1, 0.15) is 19.0 Å². The molecule has 0 spiro atoms. The lowest BCUT2D eigenvalue weighted by atomic mass is 10.3. The number of fused-ring (bicyclic) bond motifs is 1. The van der Waals surface area contributed by atoms with Crippen LogP contribution in [0.1, 0.15) is 5.82 Å². The maximum atomic E-state index is 12.9. The highest BCUT2D eigenvalue weighted by molar-refractivity contribution is 5.81. The molecule has 3 aromatic rings. The van der Waals surface area contributed by atoms with Gasteiger partial charge in [-0.3, -0.25) is 4.79 Å². The van der Waals surface area contributed by atoms with E-state index >= 15 is 0 Å². The van der Waals surface area contributed by atoms with Gasteiger partial charge in [0.05, 0.1) is 18.1 Å². The van der Waals surface area contributed by atoms with Gasteiger partial charge in [-0.15, -0.1) is 13.2 Å². The molecule has 6 heteroatoms. The summed E-state index contributed by atoms with van der Waals surface area (Å²) in [4.78, 5) is 19.2. The fourth-order valence-electron chi connectivity index (χ4n) is 3.12. The summed E-state index contributed by atoms with van der Waals surface area (Å²) in [5.41, 5.74) is 1.70. The molecule has 0 saturated heterocycles. The summed E-state index contributed by atoms with van der Waals surface area (Å²) in [5.74, 6) is 1.91. The third kappa shape index (κ3) is 4.66. The number of imidazole rings is 1. The normalized spacial score (nSPS) is 10.5. The number of hydrogen-bond acceptors (Lipinski definition) is 4. The molecule has 29 heavy (non-hydrogen) atoms. The highest BCUT2D eigenvalue weighted by Crippen LogP contribution is 2.27. The van der Waals surface area contributed by atoms with E-state index in [9.17, 15) is 4.79 Å². The molecular weight excluding hydrogens is 366 g/mol. The quantitative estimate of drug-likeness (QED) is 0.493. The molecule has 1 aromatic heterocycles. The summed E-state index contributed by atoms with van der Waals surface area (Å²) in [6.45, 7) is 8.76. The molecule has 0 aliphatic rings. The average Bonchev–Trinajstić information content (AvgIpc) is 3.09.